The van der Waals surface area contributed by atoms with Crippen LogP contribution in [0.2, 0.25) is 0 Å². The molecule has 0 aromatic carbocycles. The van der Waals surface area contributed by atoms with Crippen LogP contribution in [0.15, 0.2) is 21.5 Å². The molecule has 1 saturated carbocycles. The maximum atomic E-state index is 11.3. The van der Waals surface area contributed by atoms with Gasteiger partial charge in [-0.2, -0.15) is 0 Å². The van der Waals surface area contributed by atoms with Crippen LogP contribution in [-0.2, 0) is 4.79 Å². The maximum Gasteiger partial charge on any atom is 0.290 e. The van der Waals surface area contributed by atoms with E-state index < -0.39 is 0 Å². The first-order valence-electron chi connectivity index (χ1n) is 5.48. The zero-order chi connectivity index (χ0) is 12.0. The molecule has 2 atom stereocenters. The highest BCUT2D eigenvalue weighted by atomic mass is 32.2. The van der Waals surface area contributed by atoms with Crippen molar-refractivity contribution in [2.24, 2.45) is 5.92 Å². The lowest BCUT2D eigenvalue weighted by atomic mass is 10.3. The Morgan fingerprint density at radius 2 is 2.24 bits per heavy atom. The molecule has 88 valence electrons. The molecule has 0 bridgehead atoms. The summed E-state index contributed by atoms with van der Waals surface area (Å²) >= 11 is 0.904. The number of nitrogens with one attached hydrogen (secondary N) is 1. The van der Waals surface area contributed by atoms with E-state index in [1.165, 1.54) is 0 Å². The second-order valence-corrected chi connectivity index (χ2v) is 5.43. The molecule has 3 rings (SSSR count). The lowest BCUT2D eigenvalue weighted by Crippen LogP contribution is -2.17. The molecule has 2 heterocycles. The summed E-state index contributed by atoms with van der Waals surface area (Å²) < 4.78 is 5.64. The molecule has 1 aliphatic carbocycles. The molecule has 17 heavy (non-hydrogen) atoms. The molecule has 4 nitrogen and oxygen atoms in total. The van der Waals surface area contributed by atoms with E-state index in [0.29, 0.717) is 22.5 Å². The third-order valence-corrected chi connectivity index (χ3v) is 3.85. The summed E-state index contributed by atoms with van der Waals surface area (Å²) in [6, 6.07) is 3.78. The third-order valence-electron chi connectivity index (χ3n) is 3.04. The van der Waals surface area contributed by atoms with Crippen LogP contribution in [0, 0.1) is 5.92 Å². The normalized spacial score (nSPS) is 29.8. The van der Waals surface area contributed by atoms with Gasteiger partial charge in [-0.15, -0.1) is 0 Å². The standard InChI is InChI=1S/C12H11NO3S/c1-6-4-8(6)9-3-2-7(16-9)5-10-11(14)13-12(15)17-10/h2-3,5-6,8H,4H2,1H3,(H,13,14,15). The number of hydrogen-bond donors (Lipinski definition) is 1. The zero-order valence-corrected chi connectivity index (χ0v) is 10.0. The summed E-state index contributed by atoms with van der Waals surface area (Å²) in [7, 11) is 0. The fourth-order valence-electron chi connectivity index (χ4n) is 1.91. The minimum Gasteiger partial charge on any atom is -0.461 e. The number of furan rings is 1. The Balaban J connectivity index is 1.81. The van der Waals surface area contributed by atoms with Gasteiger partial charge in [0.15, 0.2) is 0 Å². The fourth-order valence-corrected chi connectivity index (χ4v) is 2.58. The first-order chi connectivity index (χ1) is 8.13. The Bertz CT molecular complexity index is 532. The molecule has 0 radical (unpaired) electrons. The van der Waals surface area contributed by atoms with Crippen molar-refractivity contribution in [3.05, 3.63) is 28.6 Å². The number of imide groups is 1. The second-order valence-electron chi connectivity index (χ2n) is 4.41. The molecule has 2 amide bonds. The van der Waals surface area contributed by atoms with E-state index in [-0.39, 0.29) is 11.1 Å². The molecular weight excluding hydrogens is 238 g/mol. The molecule has 1 saturated heterocycles. The van der Waals surface area contributed by atoms with Crippen LogP contribution < -0.4 is 5.32 Å². The van der Waals surface area contributed by atoms with E-state index in [1.54, 1.807) is 6.08 Å². The van der Waals surface area contributed by atoms with Crippen molar-refractivity contribution < 1.29 is 14.0 Å². The molecule has 0 spiro atoms. The molecule has 1 aromatic heterocycles. The largest absolute Gasteiger partial charge is 0.461 e. The predicted octanol–water partition coefficient (Wildman–Crippen LogP) is 2.73. The highest BCUT2D eigenvalue weighted by Crippen LogP contribution is 2.47. The van der Waals surface area contributed by atoms with Crippen LogP contribution in [0.1, 0.15) is 30.8 Å². The van der Waals surface area contributed by atoms with Gasteiger partial charge in [0.2, 0.25) is 0 Å². The van der Waals surface area contributed by atoms with Crippen molar-refractivity contribution in [3.8, 4) is 0 Å². The van der Waals surface area contributed by atoms with Gasteiger partial charge in [0.05, 0.1) is 4.91 Å². The van der Waals surface area contributed by atoms with Gasteiger partial charge in [-0.1, -0.05) is 6.92 Å². The van der Waals surface area contributed by atoms with Crippen molar-refractivity contribution in [1.82, 2.24) is 5.32 Å². The van der Waals surface area contributed by atoms with Gasteiger partial charge >= 0.3 is 0 Å². The van der Waals surface area contributed by atoms with Gasteiger partial charge in [0.1, 0.15) is 11.5 Å². The summed E-state index contributed by atoms with van der Waals surface area (Å²) in [5, 5.41) is 1.88. The Kier molecular flexibility index (Phi) is 2.36. The molecular formula is C12H11NO3S. The minimum absolute atomic E-state index is 0.330. The van der Waals surface area contributed by atoms with Crippen LogP contribution in [0.5, 0.6) is 0 Å². The van der Waals surface area contributed by atoms with E-state index in [9.17, 15) is 9.59 Å². The molecule has 2 aliphatic rings. The average Bonchev–Trinajstić information content (AvgIpc) is 2.71. The van der Waals surface area contributed by atoms with E-state index in [0.717, 1.165) is 23.9 Å². The Labute approximate surface area is 102 Å². The van der Waals surface area contributed by atoms with E-state index in [2.05, 4.69) is 12.2 Å². The topological polar surface area (TPSA) is 59.3 Å². The zero-order valence-electron chi connectivity index (χ0n) is 9.23. The van der Waals surface area contributed by atoms with Crippen LogP contribution in [-0.4, -0.2) is 11.1 Å². The number of amides is 2. The quantitative estimate of drug-likeness (QED) is 0.819. The number of rotatable bonds is 2. The number of carbonyl (C=O) groups excluding carboxylic acids is 2. The average molecular weight is 249 g/mol. The highest BCUT2D eigenvalue weighted by Gasteiger charge is 2.36. The van der Waals surface area contributed by atoms with Crippen LogP contribution in [0.4, 0.5) is 4.79 Å². The molecule has 1 aromatic rings. The fraction of sp³-hybridized carbons (Fsp3) is 0.333. The SMILES string of the molecule is CC1CC1c1ccc(C=C2SC(=O)NC2=O)o1. The van der Waals surface area contributed by atoms with Crippen molar-refractivity contribution >= 4 is 29.0 Å². The Morgan fingerprint density at radius 3 is 2.82 bits per heavy atom. The van der Waals surface area contributed by atoms with Crippen molar-refractivity contribution in [2.75, 3.05) is 0 Å². The first-order valence-corrected chi connectivity index (χ1v) is 6.30. The molecule has 1 N–H and O–H groups in total. The van der Waals surface area contributed by atoms with Gasteiger partial charge in [0.25, 0.3) is 11.1 Å². The van der Waals surface area contributed by atoms with Crippen LogP contribution in [0.25, 0.3) is 6.08 Å². The summed E-state index contributed by atoms with van der Waals surface area (Å²) in [5.41, 5.74) is 0. The second kappa shape index (κ2) is 3.77. The summed E-state index contributed by atoms with van der Waals surface area (Å²) in [4.78, 5) is 22.7. The molecule has 2 fully saturated rings. The number of carbonyl (C=O) groups is 2. The lowest BCUT2D eigenvalue weighted by molar-refractivity contribution is -0.115. The number of hydrogen-bond acceptors (Lipinski definition) is 4. The maximum absolute atomic E-state index is 11.3. The van der Waals surface area contributed by atoms with Crippen LogP contribution in [0.3, 0.4) is 0 Å². The van der Waals surface area contributed by atoms with Crippen LogP contribution >= 0.6 is 11.8 Å². The van der Waals surface area contributed by atoms with E-state index in [4.69, 9.17) is 4.42 Å². The summed E-state index contributed by atoms with van der Waals surface area (Å²) in [5.74, 6) is 2.46. The lowest BCUT2D eigenvalue weighted by Gasteiger charge is -1.91. The van der Waals surface area contributed by atoms with Gasteiger partial charge in [0, 0.05) is 12.0 Å². The van der Waals surface area contributed by atoms with Gasteiger partial charge in [-0.05, 0) is 36.2 Å². The van der Waals surface area contributed by atoms with Crippen molar-refractivity contribution in [2.45, 2.75) is 19.3 Å². The Morgan fingerprint density at radius 1 is 1.47 bits per heavy atom. The molecule has 2 unspecified atom stereocenters. The number of thioether (sulfide) groups is 1. The predicted molar refractivity (Wildman–Crippen MR) is 64.3 cm³/mol. The van der Waals surface area contributed by atoms with Gasteiger partial charge < -0.3 is 4.42 Å². The smallest absolute Gasteiger partial charge is 0.290 e. The summed E-state index contributed by atoms with van der Waals surface area (Å²) in [6.45, 7) is 2.18. The monoisotopic (exact) mass is 249 g/mol. The van der Waals surface area contributed by atoms with E-state index >= 15 is 0 Å². The molecule has 5 heteroatoms. The highest BCUT2D eigenvalue weighted by molar-refractivity contribution is 8.18. The third kappa shape index (κ3) is 2.02. The Hall–Kier alpha value is -1.49. The van der Waals surface area contributed by atoms with E-state index in [1.807, 2.05) is 12.1 Å². The molecule has 1 aliphatic heterocycles. The van der Waals surface area contributed by atoms with Gasteiger partial charge in [-0.25, -0.2) is 0 Å². The minimum atomic E-state index is -0.349. The van der Waals surface area contributed by atoms with Gasteiger partial charge in [-0.3, -0.25) is 14.9 Å². The van der Waals surface area contributed by atoms with Crippen molar-refractivity contribution in [1.29, 1.82) is 0 Å². The first kappa shape index (κ1) is 10.7. The van der Waals surface area contributed by atoms with Crippen molar-refractivity contribution in [3.63, 3.8) is 0 Å². The summed E-state index contributed by atoms with van der Waals surface area (Å²) in [6.07, 6.45) is 2.78.